The number of amides is 2. The molecule has 0 aliphatic carbocycles. The average Bonchev–Trinajstić information content (AvgIpc) is 3.07. The number of hydrogen-bond acceptors (Lipinski definition) is 4. The predicted octanol–water partition coefficient (Wildman–Crippen LogP) is 1.89. The van der Waals surface area contributed by atoms with E-state index in [-0.39, 0.29) is 24.9 Å². The van der Waals surface area contributed by atoms with Crippen molar-refractivity contribution in [1.29, 1.82) is 0 Å². The highest BCUT2D eigenvalue weighted by Crippen LogP contribution is 2.27. The Hall–Kier alpha value is -1.95. The van der Waals surface area contributed by atoms with E-state index in [4.69, 9.17) is 16.3 Å². The zero-order valence-electron chi connectivity index (χ0n) is 13.2. The molecule has 0 spiro atoms. The summed E-state index contributed by atoms with van der Waals surface area (Å²) in [7, 11) is 0. The minimum absolute atomic E-state index is 0.0337. The maximum absolute atomic E-state index is 11.9. The predicted molar refractivity (Wildman–Crippen MR) is 89.9 cm³/mol. The van der Waals surface area contributed by atoms with E-state index < -0.39 is 0 Å². The summed E-state index contributed by atoms with van der Waals surface area (Å²) in [5.41, 5.74) is 0.653. The molecule has 2 amide bonds. The number of benzene rings is 1. The van der Waals surface area contributed by atoms with Crippen molar-refractivity contribution in [3.8, 4) is 5.75 Å². The van der Waals surface area contributed by atoms with Gasteiger partial charge < -0.3 is 20.3 Å². The molecule has 2 rings (SSSR count). The van der Waals surface area contributed by atoms with E-state index in [0.717, 1.165) is 25.9 Å². The molecule has 0 unspecified atom stereocenters. The number of halogens is 1. The lowest BCUT2D eigenvalue weighted by Crippen LogP contribution is -2.40. The number of rotatable bonds is 7. The highest BCUT2D eigenvalue weighted by Gasteiger charge is 2.18. The lowest BCUT2D eigenvalue weighted by molar-refractivity contribution is -0.131. The van der Waals surface area contributed by atoms with Gasteiger partial charge in [0.05, 0.1) is 25.4 Å². The summed E-state index contributed by atoms with van der Waals surface area (Å²) >= 11 is 5.96. The topological polar surface area (TPSA) is 70.7 Å². The van der Waals surface area contributed by atoms with Crippen molar-refractivity contribution in [3.63, 3.8) is 0 Å². The van der Waals surface area contributed by atoms with Gasteiger partial charge >= 0.3 is 0 Å². The average molecular weight is 340 g/mol. The smallest absolute Gasteiger partial charge is 0.241 e. The summed E-state index contributed by atoms with van der Waals surface area (Å²) in [4.78, 5) is 25.5. The van der Waals surface area contributed by atoms with E-state index >= 15 is 0 Å². The molecule has 126 valence electrons. The standard InChI is InChI=1S/C16H22ClN3O3/c1-2-23-14-6-5-12(17)9-13(14)18-10-15(21)19-11-16(22)20-7-3-4-8-20/h5-6,9,18H,2-4,7-8,10-11H2,1H3,(H,19,21). The fourth-order valence-corrected chi connectivity index (χ4v) is 2.58. The maximum Gasteiger partial charge on any atom is 0.241 e. The van der Waals surface area contributed by atoms with E-state index in [9.17, 15) is 9.59 Å². The molecule has 0 aromatic heterocycles. The van der Waals surface area contributed by atoms with Gasteiger partial charge in [-0.05, 0) is 38.0 Å². The van der Waals surface area contributed by atoms with Crippen LogP contribution < -0.4 is 15.4 Å². The first-order chi connectivity index (χ1) is 11.1. The van der Waals surface area contributed by atoms with E-state index in [0.29, 0.717) is 23.1 Å². The first-order valence-electron chi connectivity index (χ1n) is 7.81. The van der Waals surface area contributed by atoms with E-state index in [2.05, 4.69) is 10.6 Å². The molecule has 1 aromatic rings. The second-order valence-electron chi connectivity index (χ2n) is 5.29. The van der Waals surface area contributed by atoms with Crippen molar-refractivity contribution < 1.29 is 14.3 Å². The SMILES string of the molecule is CCOc1ccc(Cl)cc1NCC(=O)NCC(=O)N1CCCC1. The third kappa shape index (κ3) is 5.32. The molecule has 1 aliphatic rings. The largest absolute Gasteiger partial charge is 0.492 e. The Kier molecular flexibility index (Phi) is 6.52. The molecule has 1 aliphatic heterocycles. The van der Waals surface area contributed by atoms with Crippen LogP contribution in [0.4, 0.5) is 5.69 Å². The highest BCUT2D eigenvalue weighted by atomic mass is 35.5. The van der Waals surface area contributed by atoms with E-state index in [1.807, 2.05) is 6.92 Å². The molecule has 6 nitrogen and oxygen atoms in total. The number of anilines is 1. The zero-order valence-corrected chi connectivity index (χ0v) is 14.0. The van der Waals surface area contributed by atoms with Gasteiger partial charge in [-0.1, -0.05) is 11.6 Å². The molecule has 7 heteroatoms. The fourth-order valence-electron chi connectivity index (χ4n) is 2.41. The minimum atomic E-state index is -0.250. The Morgan fingerprint density at radius 1 is 1.26 bits per heavy atom. The van der Waals surface area contributed by atoms with E-state index in [1.54, 1.807) is 23.1 Å². The molecule has 0 atom stereocenters. The molecule has 1 fully saturated rings. The summed E-state index contributed by atoms with van der Waals surface area (Å²) in [6, 6.07) is 5.19. The molecule has 23 heavy (non-hydrogen) atoms. The maximum atomic E-state index is 11.9. The fraction of sp³-hybridized carbons (Fsp3) is 0.500. The van der Waals surface area contributed by atoms with Crippen molar-refractivity contribution in [2.45, 2.75) is 19.8 Å². The third-order valence-corrected chi connectivity index (χ3v) is 3.81. The highest BCUT2D eigenvalue weighted by molar-refractivity contribution is 6.30. The van der Waals surface area contributed by atoms with Gasteiger partial charge in [0.25, 0.3) is 0 Å². The summed E-state index contributed by atoms with van der Waals surface area (Å²) in [6.45, 7) is 4.06. The van der Waals surface area contributed by atoms with Gasteiger partial charge in [-0.15, -0.1) is 0 Å². The summed E-state index contributed by atoms with van der Waals surface area (Å²) in [6.07, 6.45) is 2.08. The van der Waals surface area contributed by atoms with Crippen LogP contribution in [0.3, 0.4) is 0 Å². The van der Waals surface area contributed by atoms with Crippen molar-refractivity contribution in [1.82, 2.24) is 10.2 Å². The number of carbonyl (C=O) groups is 2. The number of hydrogen-bond donors (Lipinski definition) is 2. The molecular weight excluding hydrogens is 318 g/mol. The normalized spacial score (nSPS) is 13.7. The molecule has 0 bridgehead atoms. The van der Waals surface area contributed by atoms with Gasteiger partial charge in [0.15, 0.2) is 0 Å². The van der Waals surface area contributed by atoms with Crippen LogP contribution in [0.25, 0.3) is 0 Å². The third-order valence-electron chi connectivity index (χ3n) is 3.58. The van der Waals surface area contributed by atoms with Crippen LogP contribution in [0, 0.1) is 0 Å². The van der Waals surface area contributed by atoms with Crippen molar-refractivity contribution >= 4 is 29.1 Å². The van der Waals surface area contributed by atoms with Crippen LogP contribution in [-0.2, 0) is 9.59 Å². The Balaban J connectivity index is 1.79. The quantitative estimate of drug-likeness (QED) is 0.796. The Labute approximate surface area is 141 Å². The van der Waals surface area contributed by atoms with Crippen LogP contribution in [-0.4, -0.2) is 49.5 Å². The van der Waals surface area contributed by atoms with Gasteiger partial charge in [0.2, 0.25) is 11.8 Å². The van der Waals surface area contributed by atoms with Gasteiger partial charge in [-0.2, -0.15) is 0 Å². The Bertz CT molecular complexity index is 560. The zero-order chi connectivity index (χ0) is 16.7. The molecule has 2 N–H and O–H groups in total. The first kappa shape index (κ1) is 17.4. The summed E-state index contributed by atoms with van der Waals surface area (Å²) in [5.74, 6) is 0.353. The van der Waals surface area contributed by atoms with Gasteiger partial charge in [-0.25, -0.2) is 0 Å². The molecule has 0 saturated carbocycles. The van der Waals surface area contributed by atoms with Crippen LogP contribution in [0.2, 0.25) is 5.02 Å². The van der Waals surface area contributed by atoms with Crippen LogP contribution >= 0.6 is 11.6 Å². The van der Waals surface area contributed by atoms with Crippen molar-refractivity contribution in [3.05, 3.63) is 23.2 Å². The van der Waals surface area contributed by atoms with E-state index in [1.165, 1.54) is 0 Å². The van der Waals surface area contributed by atoms with Crippen molar-refractivity contribution in [2.75, 3.05) is 38.1 Å². The van der Waals surface area contributed by atoms with Crippen LogP contribution in [0.1, 0.15) is 19.8 Å². The number of carbonyl (C=O) groups excluding carboxylic acids is 2. The van der Waals surface area contributed by atoms with Gasteiger partial charge in [0, 0.05) is 18.1 Å². The van der Waals surface area contributed by atoms with Gasteiger partial charge in [0.1, 0.15) is 5.75 Å². The number of nitrogens with one attached hydrogen (secondary N) is 2. The number of ether oxygens (including phenoxy) is 1. The second kappa shape index (κ2) is 8.62. The minimum Gasteiger partial charge on any atom is -0.492 e. The number of likely N-dealkylation sites (tertiary alicyclic amines) is 1. The lowest BCUT2D eigenvalue weighted by Gasteiger charge is -2.16. The van der Waals surface area contributed by atoms with Crippen LogP contribution in [0.15, 0.2) is 18.2 Å². The molecule has 1 heterocycles. The molecule has 1 aromatic carbocycles. The monoisotopic (exact) mass is 339 g/mol. The lowest BCUT2D eigenvalue weighted by atomic mass is 10.3. The second-order valence-corrected chi connectivity index (χ2v) is 5.73. The molecular formula is C16H22ClN3O3. The summed E-state index contributed by atoms with van der Waals surface area (Å²) in [5, 5.41) is 6.17. The van der Waals surface area contributed by atoms with Gasteiger partial charge in [-0.3, -0.25) is 9.59 Å². The first-order valence-corrected chi connectivity index (χ1v) is 8.18. The Morgan fingerprint density at radius 3 is 2.70 bits per heavy atom. The number of nitrogens with zero attached hydrogens (tertiary/aromatic N) is 1. The van der Waals surface area contributed by atoms with Crippen LogP contribution in [0.5, 0.6) is 5.75 Å². The molecule has 0 radical (unpaired) electrons. The Morgan fingerprint density at radius 2 is 2.00 bits per heavy atom. The summed E-state index contributed by atoms with van der Waals surface area (Å²) < 4.78 is 5.48. The van der Waals surface area contributed by atoms with Crippen molar-refractivity contribution in [2.24, 2.45) is 0 Å². The molecule has 1 saturated heterocycles.